The normalized spacial score (nSPS) is 11.6. The number of fused-ring (bicyclic) bond motifs is 1. The number of carbonyl (C=O) groups is 1. The Morgan fingerprint density at radius 1 is 1.32 bits per heavy atom. The molecule has 3 heterocycles. The first-order chi connectivity index (χ1) is 17.7. The largest absolute Gasteiger partial charge is 0.494 e. The van der Waals surface area contributed by atoms with Gasteiger partial charge in [-0.1, -0.05) is 30.8 Å². The maximum atomic E-state index is 11.7. The molecule has 0 spiro atoms. The van der Waals surface area contributed by atoms with Crippen molar-refractivity contribution in [2.45, 2.75) is 31.8 Å². The van der Waals surface area contributed by atoms with Gasteiger partial charge in [-0.15, -0.1) is 0 Å². The van der Waals surface area contributed by atoms with Gasteiger partial charge in [-0.25, -0.2) is 8.93 Å². The van der Waals surface area contributed by atoms with Gasteiger partial charge in [-0.05, 0) is 63.6 Å². The highest BCUT2D eigenvalue weighted by molar-refractivity contribution is 7.82. The molecule has 0 aliphatic heterocycles. The molecule has 0 aliphatic rings. The number of aromatic nitrogens is 3. The number of hydrogen-bond donors (Lipinski definition) is 2. The average Bonchev–Trinajstić information content (AvgIpc) is 3.61. The van der Waals surface area contributed by atoms with Gasteiger partial charge in [-0.2, -0.15) is 5.10 Å². The summed E-state index contributed by atoms with van der Waals surface area (Å²) in [4.78, 5) is 15.0. The molecule has 10 heteroatoms. The third kappa shape index (κ3) is 6.30. The van der Waals surface area contributed by atoms with Crippen LogP contribution in [0.4, 0.5) is 0 Å². The van der Waals surface area contributed by atoms with Gasteiger partial charge < -0.3 is 14.1 Å². The molecule has 0 saturated carbocycles. The van der Waals surface area contributed by atoms with Gasteiger partial charge in [0, 0.05) is 29.3 Å². The van der Waals surface area contributed by atoms with Crippen LogP contribution < -0.4 is 4.72 Å². The van der Waals surface area contributed by atoms with Gasteiger partial charge in [0.05, 0.1) is 34.8 Å². The topological polar surface area (TPSA) is 102 Å². The third-order valence-electron chi connectivity index (χ3n) is 5.89. The predicted octanol–water partition coefficient (Wildman–Crippen LogP) is 5.82. The van der Waals surface area contributed by atoms with Crippen LogP contribution in [0.2, 0.25) is 5.02 Å². The number of H-pyrrole nitrogens is 1. The SMILES string of the molecule is C=CC(=C)OCCCc1c(C=O)[nH]c2c(-c3c(C)nn(C)c3C)c(Cl)ccc12.CNS(=O)c1ccco1. The Morgan fingerprint density at radius 3 is 2.65 bits per heavy atom. The Hall–Kier alpha value is -3.40. The minimum absolute atomic E-state index is 0.456. The van der Waals surface area contributed by atoms with Gasteiger partial charge in [0.1, 0.15) is 5.76 Å². The van der Waals surface area contributed by atoms with Gasteiger partial charge in [0.25, 0.3) is 0 Å². The van der Waals surface area contributed by atoms with Crippen molar-refractivity contribution in [2.24, 2.45) is 7.05 Å². The first-order valence-electron chi connectivity index (χ1n) is 11.6. The smallest absolute Gasteiger partial charge is 0.205 e. The molecule has 0 bridgehead atoms. The molecule has 0 amide bonds. The lowest BCUT2D eigenvalue weighted by molar-refractivity contribution is 0.111. The van der Waals surface area contributed by atoms with Gasteiger partial charge in [0.15, 0.2) is 17.3 Å². The molecule has 4 aromatic rings. The van der Waals surface area contributed by atoms with E-state index in [0.717, 1.165) is 51.7 Å². The van der Waals surface area contributed by atoms with Crippen LogP contribution >= 0.6 is 11.6 Å². The third-order valence-corrected chi connectivity index (χ3v) is 7.17. The number of ether oxygens (including phenoxy) is 1. The maximum Gasteiger partial charge on any atom is 0.205 e. The zero-order chi connectivity index (χ0) is 27.1. The number of rotatable bonds is 10. The minimum atomic E-state index is -1.18. The molecule has 1 unspecified atom stereocenters. The maximum absolute atomic E-state index is 11.7. The minimum Gasteiger partial charge on any atom is -0.494 e. The second-order valence-electron chi connectivity index (χ2n) is 8.18. The lowest BCUT2D eigenvalue weighted by atomic mass is 9.98. The van der Waals surface area contributed by atoms with Crippen molar-refractivity contribution in [1.82, 2.24) is 19.5 Å². The van der Waals surface area contributed by atoms with E-state index in [4.69, 9.17) is 20.8 Å². The zero-order valence-corrected chi connectivity index (χ0v) is 23.0. The van der Waals surface area contributed by atoms with Crippen molar-refractivity contribution in [1.29, 1.82) is 0 Å². The molecule has 1 atom stereocenters. The Morgan fingerprint density at radius 2 is 2.08 bits per heavy atom. The van der Waals surface area contributed by atoms with Crippen molar-refractivity contribution < 1.29 is 18.2 Å². The van der Waals surface area contributed by atoms with Crippen LogP contribution in [0.25, 0.3) is 22.0 Å². The fourth-order valence-corrected chi connectivity index (χ4v) is 4.84. The van der Waals surface area contributed by atoms with Gasteiger partial charge in [0.2, 0.25) is 5.09 Å². The number of allylic oxidation sites excluding steroid dienone is 1. The fraction of sp³-hybridized carbons (Fsp3) is 0.259. The highest BCUT2D eigenvalue weighted by atomic mass is 35.5. The summed E-state index contributed by atoms with van der Waals surface area (Å²) < 4.78 is 25.5. The van der Waals surface area contributed by atoms with E-state index in [-0.39, 0.29) is 0 Å². The number of nitrogens with zero attached hydrogens (tertiary/aromatic N) is 2. The number of aryl methyl sites for hydroxylation is 3. The molecule has 3 aromatic heterocycles. The van der Waals surface area contributed by atoms with Crippen molar-refractivity contribution in [3.05, 3.63) is 83.2 Å². The summed E-state index contributed by atoms with van der Waals surface area (Å²) in [6.45, 7) is 11.9. The van der Waals surface area contributed by atoms with Crippen LogP contribution in [-0.2, 0) is 29.2 Å². The van der Waals surface area contributed by atoms with Crippen LogP contribution in [-0.4, -0.2) is 38.9 Å². The van der Waals surface area contributed by atoms with Crippen LogP contribution in [0, 0.1) is 13.8 Å². The van der Waals surface area contributed by atoms with E-state index in [1.165, 1.54) is 6.26 Å². The standard InChI is InChI=1S/C22H24ClN3O2.C5H7NO2S/c1-6-13(2)28-11-7-8-16-17-9-10-18(23)21(22(17)24-19(16)12-27)20-14(3)25-26(5)15(20)4;1-6-9(7)5-3-2-4-8-5/h6,9-10,12,24H,1-2,7-8,11H2,3-5H3;2-4,6H,1H3. The Balaban J connectivity index is 0.000000356. The quantitative estimate of drug-likeness (QED) is 0.114. The number of hydrogen-bond acceptors (Lipinski definition) is 5. The first-order valence-corrected chi connectivity index (χ1v) is 13.1. The predicted molar refractivity (Wildman–Crippen MR) is 148 cm³/mol. The number of aldehydes is 1. The molecule has 0 fully saturated rings. The molecular weight excluding hydrogens is 512 g/mol. The lowest BCUT2D eigenvalue weighted by Crippen LogP contribution is -2.09. The van der Waals surface area contributed by atoms with E-state index < -0.39 is 11.0 Å². The van der Waals surface area contributed by atoms with E-state index in [2.05, 4.69) is 28.0 Å². The Kier molecular flexibility index (Phi) is 9.68. The van der Waals surface area contributed by atoms with Crippen LogP contribution in [0.1, 0.15) is 33.9 Å². The summed E-state index contributed by atoms with van der Waals surface area (Å²) in [5.74, 6) is 0.547. The van der Waals surface area contributed by atoms with Crippen molar-refractivity contribution in [3.8, 4) is 11.1 Å². The molecule has 0 radical (unpaired) electrons. The second-order valence-corrected chi connectivity index (χ2v) is 9.93. The molecule has 2 N–H and O–H groups in total. The summed E-state index contributed by atoms with van der Waals surface area (Å²) in [5.41, 5.74) is 6.19. The van der Waals surface area contributed by atoms with E-state index in [0.29, 0.717) is 34.6 Å². The highest BCUT2D eigenvalue weighted by Crippen LogP contribution is 2.40. The number of benzene rings is 1. The number of furan rings is 1. The zero-order valence-electron chi connectivity index (χ0n) is 21.4. The number of halogens is 1. The van der Waals surface area contributed by atoms with Crippen molar-refractivity contribution >= 4 is 39.8 Å². The van der Waals surface area contributed by atoms with E-state index >= 15 is 0 Å². The Labute approximate surface area is 223 Å². The second kappa shape index (κ2) is 12.7. The van der Waals surface area contributed by atoms with Crippen molar-refractivity contribution in [3.63, 3.8) is 0 Å². The Bertz CT molecular complexity index is 1440. The molecular formula is C27H31ClN4O4S. The number of nitrogens with one attached hydrogen (secondary N) is 2. The summed E-state index contributed by atoms with van der Waals surface area (Å²) in [7, 11) is 2.34. The first kappa shape index (κ1) is 28.2. The fourth-order valence-electron chi connectivity index (χ4n) is 4.04. The molecule has 1 aromatic carbocycles. The summed E-state index contributed by atoms with van der Waals surface area (Å²) >= 11 is 6.59. The summed E-state index contributed by atoms with van der Waals surface area (Å²) in [6.07, 6.45) is 5.38. The molecule has 8 nitrogen and oxygen atoms in total. The van der Waals surface area contributed by atoms with E-state index in [9.17, 15) is 9.00 Å². The van der Waals surface area contributed by atoms with E-state index in [1.807, 2.05) is 37.7 Å². The van der Waals surface area contributed by atoms with Gasteiger partial charge in [-0.3, -0.25) is 9.48 Å². The molecule has 4 rings (SSSR count). The van der Waals surface area contributed by atoms with E-state index in [1.54, 1.807) is 25.3 Å². The van der Waals surface area contributed by atoms with Crippen LogP contribution in [0.5, 0.6) is 0 Å². The molecule has 0 aliphatic carbocycles. The molecule has 37 heavy (non-hydrogen) atoms. The summed E-state index contributed by atoms with van der Waals surface area (Å²) in [5, 5.41) is 6.59. The number of carbonyl (C=O) groups excluding carboxylic acids is 1. The monoisotopic (exact) mass is 542 g/mol. The molecule has 0 saturated heterocycles. The lowest BCUT2D eigenvalue weighted by Gasteiger charge is -2.08. The average molecular weight is 543 g/mol. The van der Waals surface area contributed by atoms with Crippen LogP contribution in [0.15, 0.2) is 65.0 Å². The summed E-state index contributed by atoms with van der Waals surface area (Å²) in [6, 6.07) is 7.20. The number of aromatic amines is 1. The molecule has 196 valence electrons. The van der Waals surface area contributed by atoms with Crippen LogP contribution in [0.3, 0.4) is 0 Å². The van der Waals surface area contributed by atoms with Crippen molar-refractivity contribution in [2.75, 3.05) is 13.7 Å². The van der Waals surface area contributed by atoms with Gasteiger partial charge >= 0.3 is 0 Å². The highest BCUT2D eigenvalue weighted by Gasteiger charge is 2.21.